The third-order valence-corrected chi connectivity index (χ3v) is 1.64. The summed E-state index contributed by atoms with van der Waals surface area (Å²) in [5, 5.41) is 8.84. The number of hydrazine groups is 1. The molecule has 0 atom stereocenters. The quantitative estimate of drug-likeness (QED) is 0.371. The average molecular weight is 219 g/mol. The largest absolute Gasteiger partial charge is 0.476 e. The van der Waals surface area contributed by atoms with Crippen LogP contribution in [0.2, 0.25) is 5.02 Å². The second kappa shape index (κ2) is 5.58. The maximum atomic E-state index is 8.54. The first-order valence-corrected chi connectivity index (χ1v) is 4.38. The third-order valence-electron chi connectivity index (χ3n) is 1.38. The van der Waals surface area contributed by atoms with Gasteiger partial charge in [0.25, 0.3) is 0 Å². The van der Waals surface area contributed by atoms with Crippen molar-refractivity contribution in [2.45, 2.75) is 6.42 Å². The van der Waals surface area contributed by atoms with Crippen molar-refractivity contribution in [2.75, 3.05) is 18.6 Å². The monoisotopic (exact) mass is 218 g/mol. The summed E-state index contributed by atoms with van der Waals surface area (Å²) < 4.78 is 5.18. The molecule has 0 aliphatic heterocycles. The molecule has 6 nitrogen and oxygen atoms in total. The Hall–Kier alpha value is -1.11. The zero-order valence-corrected chi connectivity index (χ0v) is 8.16. The van der Waals surface area contributed by atoms with Gasteiger partial charge in [-0.1, -0.05) is 11.6 Å². The average Bonchev–Trinajstić information content (AvgIpc) is 2.21. The van der Waals surface area contributed by atoms with Gasteiger partial charge in [0.15, 0.2) is 0 Å². The van der Waals surface area contributed by atoms with Crippen LogP contribution in [0.3, 0.4) is 0 Å². The maximum absolute atomic E-state index is 8.54. The number of nitrogen functional groups attached to an aromatic ring is 1. The van der Waals surface area contributed by atoms with E-state index in [1.165, 1.54) is 6.20 Å². The Balaban J connectivity index is 2.64. The lowest BCUT2D eigenvalue weighted by Gasteiger charge is -2.06. The fourth-order valence-corrected chi connectivity index (χ4v) is 0.901. The lowest BCUT2D eigenvalue weighted by molar-refractivity contribution is 0.229. The van der Waals surface area contributed by atoms with Crippen LogP contribution >= 0.6 is 11.6 Å². The minimum Gasteiger partial charge on any atom is -0.476 e. The van der Waals surface area contributed by atoms with Gasteiger partial charge in [-0.2, -0.15) is 4.98 Å². The molecule has 78 valence electrons. The van der Waals surface area contributed by atoms with Gasteiger partial charge in [-0.3, -0.25) is 5.43 Å². The molecule has 0 spiro atoms. The fraction of sp³-hybridized carbons (Fsp3) is 0.429. The Bertz CT molecular complexity index is 297. The molecule has 14 heavy (non-hydrogen) atoms. The van der Waals surface area contributed by atoms with Crippen LogP contribution in [0.25, 0.3) is 0 Å². The predicted octanol–water partition coefficient (Wildman–Crippen LogP) is 0.177. The van der Waals surface area contributed by atoms with Gasteiger partial charge in [-0.05, 0) is 0 Å². The third kappa shape index (κ3) is 2.99. The van der Waals surface area contributed by atoms with Crippen LogP contribution in [0.15, 0.2) is 6.20 Å². The molecule has 1 rings (SSSR count). The van der Waals surface area contributed by atoms with Crippen molar-refractivity contribution < 1.29 is 9.84 Å². The van der Waals surface area contributed by atoms with Gasteiger partial charge >= 0.3 is 0 Å². The van der Waals surface area contributed by atoms with Crippen LogP contribution in [0, 0.1) is 0 Å². The molecule has 0 aliphatic carbocycles. The van der Waals surface area contributed by atoms with Crippen molar-refractivity contribution in [3.8, 4) is 5.88 Å². The first-order chi connectivity index (χ1) is 6.77. The number of rotatable bonds is 5. The van der Waals surface area contributed by atoms with Crippen LogP contribution in [-0.4, -0.2) is 28.3 Å². The van der Waals surface area contributed by atoms with E-state index in [0.717, 1.165) is 0 Å². The van der Waals surface area contributed by atoms with Crippen molar-refractivity contribution in [2.24, 2.45) is 5.84 Å². The Morgan fingerprint density at radius 2 is 2.43 bits per heavy atom. The van der Waals surface area contributed by atoms with E-state index >= 15 is 0 Å². The van der Waals surface area contributed by atoms with Crippen LogP contribution in [-0.2, 0) is 0 Å². The van der Waals surface area contributed by atoms with Crippen molar-refractivity contribution >= 4 is 17.5 Å². The van der Waals surface area contributed by atoms with Crippen molar-refractivity contribution in [1.29, 1.82) is 0 Å². The SMILES string of the molecule is NNc1ncc(Cl)c(OCCCO)n1. The zero-order chi connectivity index (χ0) is 10.4. The molecule has 0 bridgehead atoms. The summed E-state index contributed by atoms with van der Waals surface area (Å²) in [7, 11) is 0. The second-order valence-corrected chi connectivity index (χ2v) is 2.82. The van der Waals surface area contributed by atoms with Crippen molar-refractivity contribution in [3.63, 3.8) is 0 Å². The highest BCUT2D eigenvalue weighted by Crippen LogP contribution is 2.21. The molecule has 1 heterocycles. The number of ether oxygens (including phenoxy) is 1. The molecule has 0 amide bonds. The van der Waals surface area contributed by atoms with Gasteiger partial charge in [0.2, 0.25) is 11.8 Å². The fourth-order valence-electron chi connectivity index (χ4n) is 0.756. The summed E-state index contributed by atoms with van der Waals surface area (Å²) in [6.45, 7) is 0.405. The van der Waals surface area contributed by atoms with Crippen LogP contribution in [0.1, 0.15) is 6.42 Å². The van der Waals surface area contributed by atoms with Crippen molar-refractivity contribution in [3.05, 3.63) is 11.2 Å². The number of aliphatic hydroxyl groups excluding tert-OH is 1. The summed E-state index contributed by atoms with van der Waals surface area (Å²) in [6, 6.07) is 0. The molecule has 4 N–H and O–H groups in total. The standard InChI is InChI=1S/C7H11ClN4O2/c8-5-4-10-7(12-9)11-6(5)14-3-1-2-13/h4,13H,1-3,9H2,(H,10,11,12). The number of aliphatic hydroxyl groups is 1. The van der Waals surface area contributed by atoms with Gasteiger partial charge in [-0.15, -0.1) is 0 Å². The number of nitrogens with one attached hydrogen (secondary N) is 1. The van der Waals surface area contributed by atoms with E-state index < -0.39 is 0 Å². The maximum Gasteiger partial charge on any atom is 0.240 e. The van der Waals surface area contributed by atoms with Crippen LogP contribution in [0.5, 0.6) is 5.88 Å². The van der Waals surface area contributed by atoms with E-state index in [1.807, 2.05) is 0 Å². The van der Waals surface area contributed by atoms with E-state index in [0.29, 0.717) is 18.1 Å². The van der Waals surface area contributed by atoms with E-state index in [2.05, 4.69) is 15.4 Å². The topological polar surface area (TPSA) is 93.3 Å². The molecule has 0 aromatic carbocycles. The van der Waals surface area contributed by atoms with E-state index in [4.69, 9.17) is 27.3 Å². The van der Waals surface area contributed by atoms with Gasteiger partial charge in [0.1, 0.15) is 5.02 Å². The molecule has 0 unspecified atom stereocenters. The molecule has 0 aliphatic rings. The Kier molecular flexibility index (Phi) is 4.37. The minimum atomic E-state index is 0.0602. The first kappa shape index (κ1) is 11.0. The zero-order valence-electron chi connectivity index (χ0n) is 7.40. The summed E-state index contributed by atoms with van der Waals surface area (Å²) in [6.07, 6.45) is 1.91. The number of anilines is 1. The molecule has 0 radical (unpaired) electrons. The van der Waals surface area contributed by atoms with Crippen molar-refractivity contribution in [1.82, 2.24) is 9.97 Å². The van der Waals surface area contributed by atoms with Gasteiger partial charge in [-0.25, -0.2) is 10.8 Å². The molecule has 1 aromatic rings. The number of aromatic nitrogens is 2. The smallest absolute Gasteiger partial charge is 0.240 e. The number of hydrogen-bond donors (Lipinski definition) is 3. The lowest BCUT2D eigenvalue weighted by atomic mass is 10.5. The van der Waals surface area contributed by atoms with Crippen LogP contribution < -0.4 is 16.0 Å². The summed E-state index contributed by atoms with van der Waals surface area (Å²) >= 11 is 5.75. The number of hydrogen-bond acceptors (Lipinski definition) is 6. The first-order valence-electron chi connectivity index (χ1n) is 4.00. The molecule has 0 fully saturated rings. The van der Waals surface area contributed by atoms with Crippen LogP contribution in [0.4, 0.5) is 5.95 Å². The van der Waals surface area contributed by atoms with E-state index in [1.54, 1.807) is 0 Å². The van der Waals surface area contributed by atoms with Gasteiger partial charge in [0, 0.05) is 13.0 Å². The summed E-state index contributed by atoms with van der Waals surface area (Å²) in [5.74, 6) is 5.59. The highest BCUT2D eigenvalue weighted by Gasteiger charge is 2.05. The Morgan fingerprint density at radius 3 is 3.07 bits per heavy atom. The highest BCUT2D eigenvalue weighted by molar-refractivity contribution is 6.31. The second-order valence-electron chi connectivity index (χ2n) is 2.42. The molecule has 7 heteroatoms. The number of halogens is 1. The highest BCUT2D eigenvalue weighted by atomic mass is 35.5. The molecule has 0 saturated heterocycles. The Labute approximate surface area is 86.0 Å². The molecular weight excluding hydrogens is 208 g/mol. The molecular formula is C7H11ClN4O2. The minimum absolute atomic E-state index is 0.0602. The lowest BCUT2D eigenvalue weighted by Crippen LogP contribution is -2.11. The normalized spacial score (nSPS) is 9.93. The number of nitrogens with zero attached hydrogens (tertiary/aromatic N) is 2. The van der Waals surface area contributed by atoms with E-state index in [-0.39, 0.29) is 18.4 Å². The predicted molar refractivity (Wildman–Crippen MR) is 52.0 cm³/mol. The summed E-state index contributed by atoms with van der Waals surface area (Å²) in [4.78, 5) is 7.66. The number of nitrogens with two attached hydrogens (primary N) is 1. The van der Waals surface area contributed by atoms with E-state index in [9.17, 15) is 0 Å². The van der Waals surface area contributed by atoms with Gasteiger partial charge < -0.3 is 9.84 Å². The van der Waals surface area contributed by atoms with Gasteiger partial charge in [0.05, 0.1) is 12.8 Å². The summed E-state index contributed by atoms with van der Waals surface area (Å²) in [5.41, 5.74) is 2.27. The molecule has 1 aromatic heterocycles. The Morgan fingerprint density at radius 1 is 1.64 bits per heavy atom. The molecule has 0 saturated carbocycles.